The van der Waals surface area contributed by atoms with Gasteiger partial charge in [-0.25, -0.2) is 4.79 Å². The van der Waals surface area contributed by atoms with Gasteiger partial charge >= 0.3 is 6.03 Å². The van der Waals surface area contributed by atoms with Crippen molar-refractivity contribution in [1.82, 2.24) is 5.32 Å². The zero-order chi connectivity index (χ0) is 13.1. The summed E-state index contributed by atoms with van der Waals surface area (Å²) >= 11 is 0. The molecule has 1 fully saturated rings. The first-order valence-electron chi connectivity index (χ1n) is 5.88. The summed E-state index contributed by atoms with van der Waals surface area (Å²) in [5.41, 5.74) is 0.382. The molecule has 1 aromatic rings. The number of nitrogens with zero attached hydrogens (tertiary/aromatic N) is 1. The van der Waals surface area contributed by atoms with Gasteiger partial charge in [0.1, 0.15) is 0 Å². The van der Waals surface area contributed by atoms with Crippen LogP contribution in [-0.4, -0.2) is 17.0 Å². The summed E-state index contributed by atoms with van der Waals surface area (Å²) < 4.78 is 0. The third kappa shape index (κ3) is 3.19. The van der Waals surface area contributed by atoms with Gasteiger partial charge in [0, 0.05) is 23.9 Å². The molecule has 0 radical (unpaired) electrons. The van der Waals surface area contributed by atoms with Crippen LogP contribution in [0.15, 0.2) is 24.3 Å². The zero-order valence-corrected chi connectivity index (χ0v) is 10.1. The number of carbonyl (C=O) groups is 1. The second kappa shape index (κ2) is 5.03. The minimum atomic E-state index is -0.490. The van der Waals surface area contributed by atoms with Crippen LogP contribution >= 0.6 is 0 Å². The first kappa shape index (κ1) is 12.3. The van der Waals surface area contributed by atoms with Gasteiger partial charge < -0.3 is 10.6 Å². The Kier molecular flexibility index (Phi) is 3.45. The Balaban J connectivity index is 1.93. The third-order valence-corrected chi connectivity index (χ3v) is 3.00. The summed E-state index contributed by atoms with van der Waals surface area (Å²) in [6.45, 7) is 1.96. The van der Waals surface area contributed by atoms with Crippen LogP contribution < -0.4 is 10.6 Å². The number of nitro groups is 1. The number of rotatable bonds is 4. The molecule has 1 aliphatic rings. The Bertz CT molecular complexity index is 471. The summed E-state index contributed by atoms with van der Waals surface area (Å²) in [7, 11) is 0. The lowest BCUT2D eigenvalue weighted by atomic mass is 10.2. The highest BCUT2D eigenvalue weighted by Crippen LogP contribution is 2.32. The number of nitro benzene ring substituents is 1. The van der Waals surface area contributed by atoms with E-state index in [4.69, 9.17) is 0 Å². The third-order valence-electron chi connectivity index (χ3n) is 3.00. The molecule has 2 rings (SSSR count). The van der Waals surface area contributed by atoms with Gasteiger partial charge in [0.2, 0.25) is 0 Å². The van der Waals surface area contributed by atoms with E-state index in [0.717, 1.165) is 12.8 Å². The lowest BCUT2D eigenvalue weighted by molar-refractivity contribution is -0.384. The monoisotopic (exact) mass is 249 g/mol. The molecular weight excluding hydrogens is 234 g/mol. The molecule has 18 heavy (non-hydrogen) atoms. The molecule has 2 amide bonds. The van der Waals surface area contributed by atoms with E-state index in [1.165, 1.54) is 18.2 Å². The van der Waals surface area contributed by atoms with Gasteiger partial charge in [-0.3, -0.25) is 10.1 Å². The Morgan fingerprint density at radius 1 is 1.50 bits per heavy atom. The molecule has 1 aromatic carbocycles. The quantitative estimate of drug-likeness (QED) is 0.635. The van der Waals surface area contributed by atoms with Crippen LogP contribution in [-0.2, 0) is 0 Å². The van der Waals surface area contributed by atoms with E-state index in [1.807, 2.05) is 6.92 Å². The Morgan fingerprint density at radius 3 is 2.83 bits per heavy atom. The molecule has 6 nitrogen and oxygen atoms in total. The molecular formula is C12H15N3O3. The average Bonchev–Trinajstić information content (AvgIpc) is 3.12. The highest BCUT2D eigenvalue weighted by Gasteiger charge is 2.28. The summed E-state index contributed by atoms with van der Waals surface area (Å²) in [6.07, 6.45) is 2.30. The number of benzene rings is 1. The smallest absolute Gasteiger partial charge is 0.319 e. The molecule has 0 bridgehead atoms. The molecule has 2 N–H and O–H groups in total. The van der Waals surface area contributed by atoms with Crippen LogP contribution in [0.2, 0.25) is 0 Å². The van der Waals surface area contributed by atoms with Crippen molar-refractivity contribution in [3.05, 3.63) is 34.4 Å². The topological polar surface area (TPSA) is 84.3 Å². The van der Waals surface area contributed by atoms with Crippen LogP contribution in [0, 0.1) is 16.0 Å². The fourth-order valence-electron chi connectivity index (χ4n) is 1.79. The number of non-ortho nitro benzene ring substituents is 1. The minimum absolute atomic E-state index is 0.0389. The van der Waals surface area contributed by atoms with E-state index in [1.54, 1.807) is 6.07 Å². The molecule has 0 spiro atoms. The van der Waals surface area contributed by atoms with Crippen LogP contribution in [0.25, 0.3) is 0 Å². The number of hydrogen-bond donors (Lipinski definition) is 2. The van der Waals surface area contributed by atoms with Crippen molar-refractivity contribution in [3.63, 3.8) is 0 Å². The van der Waals surface area contributed by atoms with Crippen molar-refractivity contribution in [1.29, 1.82) is 0 Å². The number of anilines is 1. The van der Waals surface area contributed by atoms with E-state index in [-0.39, 0.29) is 17.8 Å². The first-order chi connectivity index (χ1) is 8.56. The van der Waals surface area contributed by atoms with Gasteiger partial charge in [-0.05, 0) is 31.7 Å². The summed E-state index contributed by atoms with van der Waals surface area (Å²) in [6, 6.07) is 5.70. The normalized spacial score (nSPS) is 15.8. The highest BCUT2D eigenvalue weighted by molar-refractivity contribution is 5.89. The van der Waals surface area contributed by atoms with Crippen molar-refractivity contribution >= 4 is 17.4 Å². The molecule has 0 saturated heterocycles. The van der Waals surface area contributed by atoms with E-state index in [2.05, 4.69) is 10.6 Å². The predicted octanol–water partition coefficient (Wildman–Crippen LogP) is 2.51. The van der Waals surface area contributed by atoms with Crippen LogP contribution in [0.4, 0.5) is 16.2 Å². The largest absolute Gasteiger partial charge is 0.335 e. The van der Waals surface area contributed by atoms with E-state index in [0.29, 0.717) is 11.6 Å². The van der Waals surface area contributed by atoms with Gasteiger partial charge in [-0.1, -0.05) is 6.07 Å². The van der Waals surface area contributed by atoms with Crippen LogP contribution in [0.3, 0.4) is 0 Å². The Hall–Kier alpha value is -2.11. The van der Waals surface area contributed by atoms with Crippen LogP contribution in [0.1, 0.15) is 19.8 Å². The van der Waals surface area contributed by atoms with E-state index < -0.39 is 4.92 Å². The Morgan fingerprint density at radius 2 is 2.22 bits per heavy atom. The van der Waals surface area contributed by atoms with Gasteiger partial charge in [0.05, 0.1) is 4.92 Å². The molecule has 0 aromatic heterocycles. The molecule has 1 saturated carbocycles. The molecule has 0 aliphatic heterocycles. The maximum absolute atomic E-state index is 11.6. The van der Waals surface area contributed by atoms with Crippen molar-refractivity contribution in [2.24, 2.45) is 5.92 Å². The van der Waals surface area contributed by atoms with Gasteiger partial charge in [0.25, 0.3) is 5.69 Å². The second-order valence-corrected chi connectivity index (χ2v) is 4.53. The first-order valence-corrected chi connectivity index (χ1v) is 5.88. The minimum Gasteiger partial charge on any atom is -0.335 e. The van der Waals surface area contributed by atoms with Crippen molar-refractivity contribution in [2.45, 2.75) is 25.8 Å². The van der Waals surface area contributed by atoms with Gasteiger partial charge in [0.15, 0.2) is 0 Å². The zero-order valence-electron chi connectivity index (χ0n) is 10.1. The summed E-state index contributed by atoms with van der Waals surface area (Å²) in [5.74, 6) is 0.570. The number of urea groups is 1. The Labute approximate surface area is 105 Å². The fourth-order valence-corrected chi connectivity index (χ4v) is 1.79. The molecule has 6 heteroatoms. The predicted molar refractivity (Wildman–Crippen MR) is 67.4 cm³/mol. The maximum atomic E-state index is 11.6. The van der Waals surface area contributed by atoms with E-state index in [9.17, 15) is 14.9 Å². The lowest BCUT2D eigenvalue weighted by Gasteiger charge is -2.13. The van der Waals surface area contributed by atoms with Gasteiger partial charge in [-0.15, -0.1) is 0 Å². The second-order valence-electron chi connectivity index (χ2n) is 4.53. The fraction of sp³-hybridized carbons (Fsp3) is 0.417. The van der Waals surface area contributed by atoms with Gasteiger partial charge in [-0.2, -0.15) is 0 Å². The SMILES string of the molecule is CC(NC(=O)Nc1cccc([N+](=O)[O-])c1)C1CC1. The standard InChI is InChI=1S/C12H15N3O3/c1-8(9-5-6-9)13-12(16)14-10-3-2-4-11(7-10)15(17)18/h2-4,7-9H,5-6H2,1H3,(H2,13,14,16). The van der Waals surface area contributed by atoms with Crippen molar-refractivity contribution in [2.75, 3.05) is 5.32 Å². The molecule has 1 aliphatic carbocycles. The maximum Gasteiger partial charge on any atom is 0.319 e. The van der Waals surface area contributed by atoms with Crippen molar-refractivity contribution in [3.8, 4) is 0 Å². The molecule has 1 atom stereocenters. The van der Waals surface area contributed by atoms with Crippen LogP contribution in [0.5, 0.6) is 0 Å². The van der Waals surface area contributed by atoms with E-state index >= 15 is 0 Å². The molecule has 1 unspecified atom stereocenters. The highest BCUT2D eigenvalue weighted by atomic mass is 16.6. The lowest BCUT2D eigenvalue weighted by Crippen LogP contribution is -2.37. The number of amides is 2. The number of carbonyl (C=O) groups excluding carboxylic acids is 1. The van der Waals surface area contributed by atoms with Crippen molar-refractivity contribution < 1.29 is 9.72 Å². The molecule has 96 valence electrons. The number of hydrogen-bond acceptors (Lipinski definition) is 3. The number of nitrogens with one attached hydrogen (secondary N) is 2. The molecule has 0 heterocycles. The average molecular weight is 249 g/mol. The summed E-state index contributed by atoms with van der Waals surface area (Å²) in [4.78, 5) is 21.7. The summed E-state index contributed by atoms with van der Waals surface area (Å²) in [5, 5.41) is 16.0.